The standard InChI is InChI=1S/C42H59N11O7/c43-30-15-6-4-13-28(54)19-20-36(55)47-21-9-8-17-32(37(44)56)50-41(60)35(24-27-25-49-31-16-7-5-14-29(27)31)53-39(58)33(18-10-22-48-42(45)46)51-40(59)34(52-38(30)57)23-26-11-2-1-3-12-26/h1-3,5,7,11-12,14,16,25,30,32-35,49H,4,6,8-10,13,15,17-24,43H2,(H2,44,56)(H,47,55)(H,50,60)(H,51,59)(H,52,57)(H,53,58)(H4,45,46,48)/t30-,32-,33-,34+,35-/m0/s1. The highest BCUT2D eigenvalue weighted by Crippen LogP contribution is 2.20. The summed E-state index contributed by atoms with van der Waals surface area (Å²) >= 11 is 0. The lowest BCUT2D eigenvalue weighted by Crippen LogP contribution is -2.59. The number of H-pyrrole nitrogens is 1. The molecule has 1 aromatic heterocycles. The summed E-state index contributed by atoms with van der Waals surface area (Å²) < 4.78 is 0. The number of hydrogen-bond acceptors (Lipinski definition) is 9. The van der Waals surface area contributed by atoms with Gasteiger partial charge in [-0.05, 0) is 62.1 Å². The number of carbonyl (C=O) groups excluding carboxylic acids is 7. The molecule has 1 aliphatic heterocycles. The van der Waals surface area contributed by atoms with Crippen LogP contribution >= 0.6 is 0 Å². The minimum absolute atomic E-state index is 0.000841. The van der Waals surface area contributed by atoms with E-state index in [1.165, 1.54) is 0 Å². The number of hydrogen-bond donors (Lipinski definition) is 10. The van der Waals surface area contributed by atoms with Crippen LogP contribution in [0, 0.1) is 0 Å². The summed E-state index contributed by atoms with van der Waals surface area (Å²) in [5.74, 6) is -3.99. The molecule has 5 atom stereocenters. The van der Waals surface area contributed by atoms with E-state index in [1.54, 1.807) is 30.5 Å². The summed E-state index contributed by atoms with van der Waals surface area (Å²) in [6.45, 7) is 0.421. The Labute approximate surface area is 349 Å². The number of carbonyl (C=O) groups is 7. The summed E-state index contributed by atoms with van der Waals surface area (Å²) in [7, 11) is 0. The minimum atomic E-state index is -1.24. The van der Waals surface area contributed by atoms with E-state index in [0.29, 0.717) is 31.2 Å². The number of nitrogens with zero attached hydrogens (tertiary/aromatic N) is 1. The highest BCUT2D eigenvalue weighted by Gasteiger charge is 2.32. The van der Waals surface area contributed by atoms with Gasteiger partial charge in [-0.2, -0.15) is 0 Å². The van der Waals surface area contributed by atoms with Gasteiger partial charge in [0.05, 0.1) is 6.04 Å². The van der Waals surface area contributed by atoms with Crippen LogP contribution in [0.4, 0.5) is 0 Å². The maximum absolute atomic E-state index is 14.3. The average molecular weight is 830 g/mol. The van der Waals surface area contributed by atoms with E-state index in [0.717, 1.165) is 16.5 Å². The van der Waals surface area contributed by atoms with Gasteiger partial charge in [0.25, 0.3) is 0 Å². The molecule has 18 heteroatoms. The van der Waals surface area contributed by atoms with E-state index in [2.05, 4.69) is 36.6 Å². The van der Waals surface area contributed by atoms with Crippen LogP contribution in [0.2, 0.25) is 0 Å². The van der Waals surface area contributed by atoms with Gasteiger partial charge in [-0.25, -0.2) is 0 Å². The maximum atomic E-state index is 14.3. The lowest BCUT2D eigenvalue weighted by Gasteiger charge is -2.27. The van der Waals surface area contributed by atoms with Gasteiger partial charge in [-0.15, -0.1) is 0 Å². The van der Waals surface area contributed by atoms with Crippen LogP contribution in [0.15, 0.2) is 65.8 Å². The number of amides is 6. The second kappa shape index (κ2) is 23.9. The fourth-order valence-corrected chi connectivity index (χ4v) is 6.93. The van der Waals surface area contributed by atoms with E-state index < -0.39 is 59.7 Å². The normalized spacial score (nSPS) is 22.7. The van der Waals surface area contributed by atoms with Crippen molar-refractivity contribution in [2.45, 2.75) is 114 Å². The lowest BCUT2D eigenvalue weighted by molar-refractivity contribution is -0.134. The van der Waals surface area contributed by atoms with Crippen LogP contribution in [-0.2, 0) is 46.4 Å². The Hall–Kier alpha value is -6.30. The Morgan fingerprint density at radius 1 is 0.683 bits per heavy atom. The largest absolute Gasteiger partial charge is 0.370 e. The van der Waals surface area contributed by atoms with Gasteiger partial charge in [0.1, 0.15) is 30.0 Å². The van der Waals surface area contributed by atoms with E-state index in [-0.39, 0.29) is 88.5 Å². The van der Waals surface area contributed by atoms with Crippen LogP contribution in [0.25, 0.3) is 10.9 Å². The number of Topliss-reactive ketones (excluding diaryl/α,β-unsaturated/α-hetero) is 1. The third-order valence-corrected chi connectivity index (χ3v) is 10.3. The predicted octanol–water partition coefficient (Wildman–Crippen LogP) is -0.0317. The van der Waals surface area contributed by atoms with Gasteiger partial charge in [-0.1, -0.05) is 55.0 Å². The topological polar surface area (TPSA) is 312 Å². The van der Waals surface area contributed by atoms with E-state index in [9.17, 15) is 33.6 Å². The molecule has 1 saturated heterocycles. The number of guanidine groups is 1. The number of rotatable bonds is 9. The Morgan fingerprint density at radius 3 is 2.08 bits per heavy atom. The molecule has 2 aromatic carbocycles. The molecule has 4 rings (SSSR count). The first-order valence-corrected chi connectivity index (χ1v) is 20.5. The molecule has 60 heavy (non-hydrogen) atoms. The molecular weight excluding hydrogens is 771 g/mol. The molecule has 0 spiro atoms. The Morgan fingerprint density at radius 2 is 1.33 bits per heavy atom. The second-order valence-electron chi connectivity index (χ2n) is 15.1. The van der Waals surface area contributed by atoms with Crippen molar-refractivity contribution in [1.82, 2.24) is 31.6 Å². The maximum Gasteiger partial charge on any atom is 0.243 e. The zero-order valence-electron chi connectivity index (χ0n) is 33.9. The number of aliphatic imine (C=N–C) groups is 1. The Kier molecular flexibility index (Phi) is 18.5. The molecule has 0 saturated carbocycles. The highest BCUT2D eigenvalue weighted by molar-refractivity contribution is 5.96. The van der Waals surface area contributed by atoms with Crippen LogP contribution in [0.3, 0.4) is 0 Å². The summed E-state index contributed by atoms with van der Waals surface area (Å²) in [5, 5.41) is 14.6. The van der Waals surface area contributed by atoms with Crippen molar-refractivity contribution in [1.29, 1.82) is 0 Å². The second-order valence-corrected chi connectivity index (χ2v) is 15.1. The van der Waals surface area contributed by atoms with Crippen LogP contribution in [0.5, 0.6) is 0 Å². The number of benzene rings is 2. The smallest absolute Gasteiger partial charge is 0.243 e. The summed E-state index contributed by atoms with van der Waals surface area (Å²) in [6.07, 6.45) is 4.60. The third-order valence-electron chi connectivity index (χ3n) is 10.3. The molecule has 18 nitrogen and oxygen atoms in total. The molecule has 0 unspecified atom stereocenters. The molecular formula is C42H59N11O7. The predicted molar refractivity (Wildman–Crippen MR) is 227 cm³/mol. The molecule has 3 aromatic rings. The molecule has 0 radical (unpaired) electrons. The van der Waals surface area contributed by atoms with Gasteiger partial charge in [-0.3, -0.25) is 38.6 Å². The van der Waals surface area contributed by atoms with Crippen molar-refractivity contribution in [3.05, 3.63) is 71.9 Å². The number of nitrogens with two attached hydrogens (primary N) is 4. The van der Waals surface area contributed by atoms with Crippen molar-refractivity contribution in [3.63, 3.8) is 0 Å². The fourth-order valence-electron chi connectivity index (χ4n) is 6.93. The number of para-hydroxylation sites is 1. The number of fused-ring (bicyclic) bond motifs is 1. The molecule has 1 aliphatic rings. The quantitative estimate of drug-likeness (QED) is 0.0780. The number of nitrogens with one attached hydrogen (secondary N) is 6. The number of ketones is 1. The van der Waals surface area contributed by atoms with Crippen molar-refractivity contribution < 1.29 is 33.6 Å². The minimum Gasteiger partial charge on any atom is -0.370 e. The number of aromatic nitrogens is 1. The molecule has 2 heterocycles. The van der Waals surface area contributed by atoms with E-state index in [1.807, 2.05) is 30.3 Å². The van der Waals surface area contributed by atoms with Gasteiger partial charge in [0, 0.05) is 62.3 Å². The van der Waals surface area contributed by atoms with Crippen LogP contribution in [-0.4, -0.2) is 95.5 Å². The van der Waals surface area contributed by atoms with Gasteiger partial charge < -0.3 is 54.5 Å². The van der Waals surface area contributed by atoms with Crippen molar-refractivity contribution in [3.8, 4) is 0 Å². The van der Waals surface area contributed by atoms with Gasteiger partial charge in [0.15, 0.2) is 5.96 Å². The first-order chi connectivity index (χ1) is 28.8. The van der Waals surface area contributed by atoms with Gasteiger partial charge >= 0.3 is 0 Å². The molecule has 1 fully saturated rings. The highest BCUT2D eigenvalue weighted by atomic mass is 16.2. The summed E-state index contributed by atoms with van der Waals surface area (Å²) in [6, 6.07) is 10.7. The number of aromatic amines is 1. The monoisotopic (exact) mass is 829 g/mol. The lowest BCUT2D eigenvalue weighted by atomic mass is 10.0. The van der Waals surface area contributed by atoms with Crippen LogP contribution in [0.1, 0.15) is 81.8 Å². The average Bonchev–Trinajstić information content (AvgIpc) is 3.63. The Balaban J connectivity index is 1.65. The summed E-state index contributed by atoms with van der Waals surface area (Å²) in [5.41, 5.74) is 25.3. The summed E-state index contributed by atoms with van der Waals surface area (Å²) in [4.78, 5) is 101. The molecule has 0 bridgehead atoms. The van der Waals surface area contributed by atoms with Crippen molar-refractivity contribution >= 4 is 58.1 Å². The first kappa shape index (κ1) is 46.4. The van der Waals surface area contributed by atoms with Crippen molar-refractivity contribution in [2.24, 2.45) is 27.9 Å². The number of primary amides is 1. The fraction of sp³-hybridized carbons (Fsp3) is 0.476. The van der Waals surface area contributed by atoms with E-state index in [4.69, 9.17) is 22.9 Å². The van der Waals surface area contributed by atoms with Crippen molar-refractivity contribution in [2.75, 3.05) is 13.1 Å². The zero-order chi connectivity index (χ0) is 43.4. The van der Waals surface area contributed by atoms with E-state index >= 15 is 0 Å². The molecule has 14 N–H and O–H groups in total. The molecule has 6 amide bonds. The molecule has 0 aliphatic carbocycles. The van der Waals surface area contributed by atoms with Gasteiger partial charge in [0.2, 0.25) is 35.4 Å². The van der Waals surface area contributed by atoms with Crippen LogP contribution < -0.4 is 49.5 Å². The third kappa shape index (κ3) is 15.5. The molecule has 324 valence electrons. The zero-order valence-corrected chi connectivity index (χ0v) is 33.9. The first-order valence-electron chi connectivity index (χ1n) is 20.5. The Bertz CT molecular complexity index is 1960. The SMILES string of the molecule is NC(=O)[C@@H]1CCCCNC(=O)CCC(=O)CCCC[C@H](N)C(=O)N[C@H](Cc2ccccc2)C(=O)N[C@@H](CCCN=C(N)N)C(=O)N[C@@H](Cc2c[nH]c3ccccc23)C(=O)N1.